The Kier molecular flexibility index (Phi) is 2.22. The second kappa shape index (κ2) is 3.87. The van der Waals surface area contributed by atoms with Gasteiger partial charge in [-0.25, -0.2) is 0 Å². The molecule has 3 heteroatoms. The molecule has 0 N–H and O–H groups in total. The predicted molar refractivity (Wildman–Crippen MR) is 64.8 cm³/mol. The Bertz CT molecular complexity index is 685. The lowest BCUT2D eigenvalue weighted by molar-refractivity contribution is 0.112. The highest BCUT2D eigenvalue weighted by Crippen LogP contribution is 2.29. The van der Waals surface area contributed by atoms with E-state index in [1.165, 1.54) is 0 Å². The number of para-hydroxylation sites is 1. The molecule has 2 aromatic carbocycles. The normalized spacial score (nSPS) is 10.6. The van der Waals surface area contributed by atoms with Crippen LogP contribution in [0.25, 0.3) is 22.2 Å². The van der Waals surface area contributed by atoms with Gasteiger partial charge in [0.1, 0.15) is 5.69 Å². The summed E-state index contributed by atoms with van der Waals surface area (Å²) >= 11 is 0. The highest BCUT2D eigenvalue weighted by Gasteiger charge is 2.12. The predicted octanol–water partition coefficient (Wildman–Crippen LogP) is 3.31. The summed E-state index contributed by atoms with van der Waals surface area (Å²) in [6.07, 6.45) is 0.832. The third-order valence-electron chi connectivity index (χ3n) is 2.72. The van der Waals surface area contributed by atoms with Crippen molar-refractivity contribution in [3.05, 3.63) is 54.1 Å². The number of carbonyl (C=O) groups excluding carboxylic acids is 1. The van der Waals surface area contributed by atoms with Gasteiger partial charge >= 0.3 is 0 Å². The van der Waals surface area contributed by atoms with Crippen LogP contribution in [0.5, 0.6) is 0 Å². The van der Waals surface area contributed by atoms with Crippen LogP contribution in [-0.4, -0.2) is 11.4 Å². The van der Waals surface area contributed by atoms with Crippen LogP contribution in [-0.2, 0) is 0 Å². The zero-order chi connectivity index (χ0) is 11.7. The van der Waals surface area contributed by atoms with Gasteiger partial charge in [0.05, 0.1) is 0 Å². The van der Waals surface area contributed by atoms with Crippen molar-refractivity contribution in [1.82, 2.24) is 5.16 Å². The molecule has 82 valence electrons. The van der Waals surface area contributed by atoms with Gasteiger partial charge in [-0.3, -0.25) is 4.79 Å². The number of nitrogens with zero attached hydrogens (tertiary/aromatic N) is 1. The molecule has 0 spiro atoms. The van der Waals surface area contributed by atoms with E-state index in [4.69, 9.17) is 4.52 Å². The summed E-state index contributed by atoms with van der Waals surface area (Å²) in [5.74, 6) is 0. The molecule has 0 amide bonds. The van der Waals surface area contributed by atoms with Crippen LogP contribution in [0.2, 0.25) is 0 Å². The van der Waals surface area contributed by atoms with E-state index in [9.17, 15) is 4.79 Å². The summed E-state index contributed by atoms with van der Waals surface area (Å²) in [5, 5.41) is 4.96. The van der Waals surface area contributed by atoms with Gasteiger partial charge in [-0.2, -0.15) is 0 Å². The van der Waals surface area contributed by atoms with Crippen molar-refractivity contribution in [2.75, 3.05) is 0 Å². The minimum Gasteiger partial charge on any atom is -0.356 e. The lowest BCUT2D eigenvalue weighted by Crippen LogP contribution is -1.87. The molecule has 0 bridgehead atoms. The first kappa shape index (κ1) is 9.78. The van der Waals surface area contributed by atoms with Crippen molar-refractivity contribution in [2.24, 2.45) is 0 Å². The maximum atomic E-state index is 11.0. The Balaban J connectivity index is 2.31. The molecule has 3 nitrogen and oxygen atoms in total. The number of hydrogen-bond acceptors (Lipinski definition) is 3. The summed E-state index contributed by atoms with van der Waals surface area (Å²) < 4.78 is 5.24. The number of aromatic nitrogens is 1. The van der Waals surface area contributed by atoms with Crippen LogP contribution in [0.3, 0.4) is 0 Å². The molecule has 0 saturated carbocycles. The van der Waals surface area contributed by atoms with Crippen LogP contribution in [0.4, 0.5) is 0 Å². The number of hydrogen-bond donors (Lipinski definition) is 0. The first-order valence-corrected chi connectivity index (χ1v) is 5.29. The number of rotatable bonds is 2. The summed E-state index contributed by atoms with van der Waals surface area (Å²) in [5.41, 5.74) is 2.85. The third kappa shape index (κ3) is 1.52. The van der Waals surface area contributed by atoms with Crippen LogP contribution >= 0.6 is 0 Å². The Morgan fingerprint density at radius 3 is 2.65 bits per heavy atom. The highest BCUT2D eigenvalue weighted by atomic mass is 16.5. The molecule has 0 atom stereocenters. The van der Waals surface area contributed by atoms with Crippen molar-refractivity contribution in [1.29, 1.82) is 0 Å². The second-order valence-corrected chi connectivity index (χ2v) is 3.73. The van der Waals surface area contributed by atoms with Gasteiger partial charge in [0, 0.05) is 16.5 Å². The maximum Gasteiger partial charge on any atom is 0.167 e. The Hall–Kier alpha value is -2.42. The van der Waals surface area contributed by atoms with Crippen LogP contribution in [0, 0.1) is 0 Å². The van der Waals surface area contributed by atoms with E-state index >= 15 is 0 Å². The van der Waals surface area contributed by atoms with Crippen LogP contribution in [0.15, 0.2) is 53.1 Å². The number of benzene rings is 2. The minimum atomic E-state index is 0.617. The van der Waals surface area contributed by atoms with Gasteiger partial charge in [-0.05, 0) is 12.1 Å². The molecular weight excluding hydrogens is 214 g/mol. The van der Waals surface area contributed by atoms with E-state index in [-0.39, 0.29) is 0 Å². The fraction of sp³-hybridized carbons (Fsp3) is 0. The van der Waals surface area contributed by atoms with E-state index in [0.717, 1.165) is 22.8 Å². The maximum absolute atomic E-state index is 11.0. The largest absolute Gasteiger partial charge is 0.356 e. The Morgan fingerprint density at radius 2 is 1.76 bits per heavy atom. The van der Waals surface area contributed by atoms with Crippen molar-refractivity contribution >= 4 is 17.3 Å². The first-order valence-electron chi connectivity index (χ1n) is 5.29. The molecule has 1 aromatic heterocycles. The lowest BCUT2D eigenvalue weighted by atomic mass is 10.0. The van der Waals surface area contributed by atoms with E-state index < -0.39 is 0 Å². The highest BCUT2D eigenvalue weighted by molar-refractivity contribution is 5.96. The summed E-state index contributed by atoms with van der Waals surface area (Å²) in [7, 11) is 0. The van der Waals surface area contributed by atoms with Gasteiger partial charge < -0.3 is 4.52 Å². The molecule has 3 rings (SSSR count). The zero-order valence-electron chi connectivity index (χ0n) is 8.96. The Labute approximate surface area is 97.7 Å². The lowest BCUT2D eigenvalue weighted by Gasteiger charge is -1.99. The molecule has 1 heterocycles. The summed E-state index contributed by atoms with van der Waals surface area (Å²) in [6, 6.07) is 15.0. The molecule has 0 unspecified atom stereocenters. The van der Waals surface area contributed by atoms with E-state index in [0.29, 0.717) is 11.3 Å². The smallest absolute Gasteiger partial charge is 0.167 e. The fourth-order valence-corrected chi connectivity index (χ4v) is 1.90. The van der Waals surface area contributed by atoms with Gasteiger partial charge in [0.2, 0.25) is 0 Å². The molecule has 3 aromatic rings. The number of fused-ring (bicyclic) bond motifs is 1. The standard InChI is InChI=1S/C14H9NO2/c16-9-10-5-1-2-6-11(10)14-12-7-3-4-8-13(12)17-15-14/h1-9H. The van der Waals surface area contributed by atoms with E-state index in [1.54, 1.807) is 6.07 Å². The van der Waals surface area contributed by atoms with Crippen molar-refractivity contribution in [3.8, 4) is 11.3 Å². The second-order valence-electron chi connectivity index (χ2n) is 3.73. The van der Waals surface area contributed by atoms with Gasteiger partial charge in [-0.15, -0.1) is 0 Å². The monoisotopic (exact) mass is 223 g/mol. The van der Waals surface area contributed by atoms with E-state index in [1.807, 2.05) is 42.5 Å². The zero-order valence-corrected chi connectivity index (χ0v) is 8.96. The molecule has 0 aliphatic carbocycles. The number of carbonyl (C=O) groups is 1. The van der Waals surface area contributed by atoms with Crippen LogP contribution in [0.1, 0.15) is 10.4 Å². The average Bonchev–Trinajstić information content (AvgIpc) is 2.82. The van der Waals surface area contributed by atoms with E-state index in [2.05, 4.69) is 5.16 Å². The summed E-state index contributed by atoms with van der Waals surface area (Å²) in [4.78, 5) is 11.0. The molecule has 0 aliphatic heterocycles. The van der Waals surface area contributed by atoms with Gasteiger partial charge in [0.25, 0.3) is 0 Å². The fourth-order valence-electron chi connectivity index (χ4n) is 1.90. The first-order chi connectivity index (χ1) is 8.40. The van der Waals surface area contributed by atoms with Gasteiger partial charge in [0.15, 0.2) is 11.9 Å². The Morgan fingerprint density at radius 1 is 1.00 bits per heavy atom. The quantitative estimate of drug-likeness (QED) is 0.626. The molecule has 0 fully saturated rings. The third-order valence-corrected chi connectivity index (χ3v) is 2.72. The average molecular weight is 223 g/mol. The molecule has 0 aliphatic rings. The van der Waals surface area contributed by atoms with Crippen molar-refractivity contribution in [3.63, 3.8) is 0 Å². The molecule has 17 heavy (non-hydrogen) atoms. The summed E-state index contributed by atoms with van der Waals surface area (Å²) in [6.45, 7) is 0. The van der Waals surface area contributed by atoms with Crippen molar-refractivity contribution in [2.45, 2.75) is 0 Å². The van der Waals surface area contributed by atoms with Crippen LogP contribution < -0.4 is 0 Å². The van der Waals surface area contributed by atoms with Gasteiger partial charge in [-0.1, -0.05) is 41.6 Å². The minimum absolute atomic E-state index is 0.617. The molecule has 0 saturated heterocycles. The number of aldehydes is 1. The molecule has 0 radical (unpaired) electrons. The topological polar surface area (TPSA) is 43.1 Å². The SMILES string of the molecule is O=Cc1ccccc1-c1noc2ccccc12. The molecular formula is C14H9NO2. The van der Waals surface area contributed by atoms with Crippen molar-refractivity contribution < 1.29 is 9.32 Å².